The number of carbonyl (C=O) groups is 3. The highest BCUT2D eigenvalue weighted by Crippen LogP contribution is 2.21. The van der Waals surface area contributed by atoms with E-state index in [1.54, 1.807) is 24.3 Å². The standard InChI is InChI=1S/C20H18FNO4/c21-16-9-7-14(8-10-16)18(23)5-2-6-19(24)15-3-1-4-17(13-15)22-11-12-26-20(22)25/h1,3-4,7-10,13H,2,5-6,11-12H2. The van der Waals surface area contributed by atoms with E-state index in [0.717, 1.165) is 0 Å². The summed E-state index contributed by atoms with van der Waals surface area (Å²) in [5.41, 5.74) is 1.56. The molecular formula is C20H18FNO4. The third-order valence-corrected chi connectivity index (χ3v) is 4.21. The quantitative estimate of drug-likeness (QED) is 0.704. The van der Waals surface area contributed by atoms with Gasteiger partial charge in [-0.25, -0.2) is 9.18 Å². The fourth-order valence-corrected chi connectivity index (χ4v) is 2.81. The van der Waals surface area contributed by atoms with Crippen LogP contribution >= 0.6 is 0 Å². The normalized spacial score (nSPS) is 13.6. The van der Waals surface area contributed by atoms with Gasteiger partial charge in [-0.3, -0.25) is 14.5 Å². The molecule has 0 unspecified atom stereocenters. The van der Waals surface area contributed by atoms with Crippen molar-refractivity contribution in [3.05, 3.63) is 65.5 Å². The van der Waals surface area contributed by atoms with Crippen LogP contribution in [0.5, 0.6) is 0 Å². The zero-order valence-electron chi connectivity index (χ0n) is 14.1. The Morgan fingerprint density at radius 2 is 1.69 bits per heavy atom. The van der Waals surface area contributed by atoms with Crippen LogP contribution in [0.25, 0.3) is 0 Å². The second-order valence-corrected chi connectivity index (χ2v) is 6.02. The van der Waals surface area contributed by atoms with Gasteiger partial charge < -0.3 is 4.74 Å². The van der Waals surface area contributed by atoms with Crippen LogP contribution in [0.1, 0.15) is 40.0 Å². The summed E-state index contributed by atoms with van der Waals surface area (Å²) in [5.74, 6) is -0.601. The van der Waals surface area contributed by atoms with Crippen molar-refractivity contribution in [1.82, 2.24) is 0 Å². The lowest BCUT2D eigenvalue weighted by molar-refractivity contribution is 0.0957. The van der Waals surface area contributed by atoms with E-state index >= 15 is 0 Å². The summed E-state index contributed by atoms with van der Waals surface area (Å²) in [7, 11) is 0. The Kier molecular flexibility index (Phi) is 5.41. The summed E-state index contributed by atoms with van der Waals surface area (Å²) in [6.45, 7) is 0.797. The number of Topliss-reactive ketones (excluding diaryl/α,β-unsaturated/α-hetero) is 2. The first-order valence-electron chi connectivity index (χ1n) is 8.41. The minimum atomic E-state index is -0.417. The van der Waals surface area contributed by atoms with Gasteiger partial charge in [0.2, 0.25) is 0 Å². The highest BCUT2D eigenvalue weighted by atomic mass is 19.1. The number of hydrogen-bond acceptors (Lipinski definition) is 4. The summed E-state index contributed by atoms with van der Waals surface area (Å²) < 4.78 is 17.8. The van der Waals surface area contributed by atoms with Gasteiger partial charge in [-0.15, -0.1) is 0 Å². The Morgan fingerprint density at radius 3 is 2.35 bits per heavy atom. The van der Waals surface area contributed by atoms with Gasteiger partial charge in [-0.05, 0) is 42.8 Å². The Labute approximate surface area is 150 Å². The topological polar surface area (TPSA) is 63.7 Å². The number of nitrogens with zero attached hydrogens (tertiary/aromatic N) is 1. The van der Waals surface area contributed by atoms with Crippen LogP contribution in [0.3, 0.4) is 0 Å². The second kappa shape index (κ2) is 7.91. The van der Waals surface area contributed by atoms with E-state index in [2.05, 4.69) is 0 Å². The van der Waals surface area contributed by atoms with Crippen LogP contribution in [-0.4, -0.2) is 30.8 Å². The molecule has 2 aromatic carbocycles. The number of ether oxygens (including phenoxy) is 1. The van der Waals surface area contributed by atoms with E-state index < -0.39 is 11.9 Å². The Balaban J connectivity index is 1.56. The van der Waals surface area contributed by atoms with Crippen molar-refractivity contribution in [1.29, 1.82) is 0 Å². The van der Waals surface area contributed by atoms with Gasteiger partial charge in [0.15, 0.2) is 11.6 Å². The summed E-state index contributed by atoms with van der Waals surface area (Å²) in [4.78, 5) is 37.5. The Hall–Kier alpha value is -3.02. The first-order chi connectivity index (χ1) is 12.5. The predicted octanol–water partition coefficient (Wildman–Crippen LogP) is 4.02. The lowest BCUT2D eigenvalue weighted by Crippen LogP contribution is -2.23. The number of hydrogen-bond donors (Lipinski definition) is 0. The van der Waals surface area contributed by atoms with Crippen LogP contribution in [0, 0.1) is 5.82 Å². The molecule has 0 N–H and O–H groups in total. The van der Waals surface area contributed by atoms with Gasteiger partial charge >= 0.3 is 6.09 Å². The van der Waals surface area contributed by atoms with E-state index in [4.69, 9.17) is 4.74 Å². The van der Waals surface area contributed by atoms with Crippen LogP contribution in [0.4, 0.5) is 14.9 Å². The predicted molar refractivity (Wildman–Crippen MR) is 94.0 cm³/mol. The highest BCUT2D eigenvalue weighted by Gasteiger charge is 2.24. The van der Waals surface area contributed by atoms with Gasteiger partial charge in [0.1, 0.15) is 12.4 Å². The molecule has 0 bridgehead atoms. The molecule has 5 nitrogen and oxygen atoms in total. The molecule has 1 aliphatic rings. The Bertz CT molecular complexity index is 832. The van der Waals surface area contributed by atoms with Gasteiger partial charge in [-0.2, -0.15) is 0 Å². The first kappa shape index (κ1) is 17.8. The average Bonchev–Trinajstić information content (AvgIpc) is 3.08. The van der Waals surface area contributed by atoms with Crippen molar-refractivity contribution in [2.45, 2.75) is 19.3 Å². The molecule has 26 heavy (non-hydrogen) atoms. The molecule has 6 heteroatoms. The molecule has 1 aliphatic heterocycles. The zero-order chi connectivity index (χ0) is 18.5. The molecule has 1 amide bonds. The van der Waals surface area contributed by atoms with Crippen molar-refractivity contribution >= 4 is 23.3 Å². The van der Waals surface area contributed by atoms with E-state index in [1.165, 1.54) is 29.2 Å². The molecule has 0 atom stereocenters. The summed E-state index contributed by atoms with van der Waals surface area (Å²) >= 11 is 0. The van der Waals surface area contributed by atoms with Crippen LogP contribution in [0.15, 0.2) is 48.5 Å². The Morgan fingerprint density at radius 1 is 1.00 bits per heavy atom. The van der Waals surface area contributed by atoms with Crippen molar-refractivity contribution < 1.29 is 23.5 Å². The molecule has 2 aromatic rings. The minimum absolute atomic E-state index is 0.0914. The van der Waals surface area contributed by atoms with Crippen LogP contribution in [-0.2, 0) is 4.74 Å². The molecular weight excluding hydrogens is 337 g/mol. The molecule has 1 saturated heterocycles. The molecule has 0 radical (unpaired) electrons. The number of benzene rings is 2. The van der Waals surface area contributed by atoms with E-state index in [-0.39, 0.29) is 24.4 Å². The molecule has 0 spiro atoms. The van der Waals surface area contributed by atoms with Crippen molar-refractivity contribution in [3.63, 3.8) is 0 Å². The fraction of sp³-hybridized carbons (Fsp3) is 0.250. The molecule has 0 aliphatic carbocycles. The van der Waals surface area contributed by atoms with Gasteiger partial charge in [0, 0.05) is 29.7 Å². The van der Waals surface area contributed by atoms with Gasteiger partial charge in [0.05, 0.1) is 6.54 Å². The van der Waals surface area contributed by atoms with Crippen molar-refractivity contribution in [3.8, 4) is 0 Å². The number of amides is 1. The largest absolute Gasteiger partial charge is 0.447 e. The fourth-order valence-electron chi connectivity index (χ4n) is 2.81. The van der Waals surface area contributed by atoms with Crippen molar-refractivity contribution in [2.75, 3.05) is 18.1 Å². The van der Waals surface area contributed by atoms with Crippen LogP contribution in [0.2, 0.25) is 0 Å². The number of rotatable bonds is 7. The SMILES string of the molecule is O=C(CCCC(=O)c1cccc(N2CCOC2=O)c1)c1ccc(F)cc1. The smallest absolute Gasteiger partial charge is 0.414 e. The molecule has 134 valence electrons. The maximum Gasteiger partial charge on any atom is 0.414 e. The molecule has 0 aromatic heterocycles. The number of halogens is 1. The van der Waals surface area contributed by atoms with Gasteiger partial charge in [0.25, 0.3) is 0 Å². The molecule has 1 fully saturated rings. The third-order valence-electron chi connectivity index (χ3n) is 4.21. The van der Waals surface area contributed by atoms with E-state index in [0.29, 0.717) is 36.4 Å². The highest BCUT2D eigenvalue weighted by molar-refractivity contribution is 5.99. The van der Waals surface area contributed by atoms with Crippen LogP contribution < -0.4 is 4.90 Å². The molecule has 0 saturated carbocycles. The summed E-state index contributed by atoms with van der Waals surface area (Å²) in [5, 5.41) is 0. The average molecular weight is 355 g/mol. The number of cyclic esters (lactones) is 1. The van der Waals surface area contributed by atoms with E-state index in [1.807, 2.05) is 0 Å². The minimum Gasteiger partial charge on any atom is -0.447 e. The monoisotopic (exact) mass is 355 g/mol. The van der Waals surface area contributed by atoms with E-state index in [9.17, 15) is 18.8 Å². The lowest BCUT2D eigenvalue weighted by atomic mass is 10.0. The third kappa shape index (κ3) is 4.14. The van der Waals surface area contributed by atoms with Crippen molar-refractivity contribution in [2.24, 2.45) is 0 Å². The first-order valence-corrected chi connectivity index (χ1v) is 8.41. The zero-order valence-corrected chi connectivity index (χ0v) is 14.1. The molecule has 1 heterocycles. The number of carbonyl (C=O) groups excluding carboxylic acids is 3. The maximum absolute atomic E-state index is 12.9. The molecule has 3 rings (SSSR count). The second-order valence-electron chi connectivity index (χ2n) is 6.02. The maximum atomic E-state index is 12.9. The summed E-state index contributed by atoms with van der Waals surface area (Å²) in [6, 6.07) is 12.2. The number of ketones is 2. The lowest BCUT2D eigenvalue weighted by Gasteiger charge is -2.13. The van der Waals surface area contributed by atoms with Gasteiger partial charge in [-0.1, -0.05) is 12.1 Å². The summed E-state index contributed by atoms with van der Waals surface area (Å²) in [6.07, 6.45) is 0.431. The number of anilines is 1.